The van der Waals surface area contributed by atoms with E-state index in [1.54, 1.807) is 31.3 Å². The maximum absolute atomic E-state index is 13.4. The number of aryl methyl sites for hydroxylation is 1. The number of hydrogen-bond donors (Lipinski definition) is 2. The highest BCUT2D eigenvalue weighted by atomic mass is 32.2. The molecule has 1 heterocycles. The first-order valence-corrected chi connectivity index (χ1v) is 11.6. The van der Waals surface area contributed by atoms with E-state index >= 15 is 0 Å². The standard InChI is InChI=1S/C26H23F3N2O3S/c1-15-11-20(8-10-22(15)34-25(2,3)24(32)33)35-23(16-5-4-6-19(13-16)26(27,28)29)17-7-9-21-18(12-17)14-30-31-21/h4-14,23H,1-3H3,(H,30,31)(H,32,33). The monoisotopic (exact) mass is 500 g/mol. The number of ether oxygens (including phenoxy) is 1. The molecule has 2 N–H and O–H groups in total. The number of nitrogens with one attached hydrogen (secondary N) is 1. The second-order valence-electron chi connectivity index (χ2n) is 8.68. The van der Waals surface area contributed by atoms with Gasteiger partial charge in [-0.25, -0.2) is 4.79 Å². The van der Waals surface area contributed by atoms with Gasteiger partial charge in [-0.05, 0) is 73.9 Å². The third-order valence-corrected chi connectivity index (χ3v) is 6.87. The van der Waals surface area contributed by atoms with Crippen LogP contribution in [0, 0.1) is 6.92 Å². The maximum atomic E-state index is 13.4. The highest BCUT2D eigenvalue weighted by Crippen LogP contribution is 2.43. The molecule has 0 bridgehead atoms. The van der Waals surface area contributed by atoms with Crippen LogP contribution in [0.1, 0.15) is 41.4 Å². The van der Waals surface area contributed by atoms with Gasteiger partial charge in [0, 0.05) is 10.3 Å². The Morgan fingerprint density at radius 3 is 2.49 bits per heavy atom. The van der Waals surface area contributed by atoms with Gasteiger partial charge in [0.2, 0.25) is 0 Å². The van der Waals surface area contributed by atoms with Crippen molar-refractivity contribution in [3.63, 3.8) is 0 Å². The number of rotatable bonds is 7. The van der Waals surface area contributed by atoms with E-state index in [-0.39, 0.29) is 0 Å². The Kier molecular flexibility index (Phi) is 6.55. The Bertz CT molecular complexity index is 1380. The molecule has 4 aromatic rings. The van der Waals surface area contributed by atoms with Gasteiger partial charge in [0.15, 0.2) is 5.60 Å². The van der Waals surface area contributed by atoms with Crippen molar-refractivity contribution in [1.29, 1.82) is 0 Å². The van der Waals surface area contributed by atoms with E-state index in [2.05, 4.69) is 10.2 Å². The number of aliphatic carboxylic acids is 1. The quantitative estimate of drug-likeness (QED) is 0.267. The Morgan fingerprint density at radius 2 is 1.80 bits per heavy atom. The molecule has 0 saturated carbocycles. The fourth-order valence-corrected chi connectivity index (χ4v) is 4.82. The third kappa shape index (κ3) is 5.45. The molecule has 0 radical (unpaired) electrons. The molecule has 0 aliphatic heterocycles. The van der Waals surface area contributed by atoms with Crippen LogP contribution < -0.4 is 4.74 Å². The maximum Gasteiger partial charge on any atom is 0.416 e. The predicted molar refractivity (Wildman–Crippen MR) is 129 cm³/mol. The number of thioether (sulfide) groups is 1. The van der Waals surface area contributed by atoms with Crippen molar-refractivity contribution in [2.45, 2.75) is 42.7 Å². The van der Waals surface area contributed by atoms with Gasteiger partial charge in [0.05, 0.1) is 22.5 Å². The van der Waals surface area contributed by atoms with Crippen molar-refractivity contribution in [1.82, 2.24) is 10.2 Å². The molecule has 1 atom stereocenters. The normalized spacial score (nSPS) is 13.1. The number of H-pyrrole nitrogens is 1. The minimum atomic E-state index is -4.45. The smallest absolute Gasteiger partial charge is 0.416 e. The summed E-state index contributed by atoms with van der Waals surface area (Å²) in [6.07, 6.45) is -2.78. The van der Waals surface area contributed by atoms with Crippen LogP contribution in [0.25, 0.3) is 10.9 Å². The number of carboxylic acids is 1. The highest BCUT2D eigenvalue weighted by molar-refractivity contribution is 7.99. The van der Waals surface area contributed by atoms with Gasteiger partial charge in [0.1, 0.15) is 5.75 Å². The molecule has 182 valence electrons. The number of nitrogens with zero attached hydrogens (tertiary/aromatic N) is 1. The van der Waals surface area contributed by atoms with E-state index in [0.29, 0.717) is 11.3 Å². The zero-order valence-corrected chi connectivity index (χ0v) is 20.0. The number of carbonyl (C=O) groups is 1. The minimum absolute atomic E-state index is 0.428. The van der Waals surface area contributed by atoms with Gasteiger partial charge < -0.3 is 9.84 Å². The molecule has 0 amide bonds. The number of aromatic amines is 1. The second kappa shape index (κ2) is 9.30. The molecular weight excluding hydrogens is 477 g/mol. The number of aromatic nitrogens is 2. The molecule has 9 heteroatoms. The van der Waals surface area contributed by atoms with Crippen molar-refractivity contribution in [3.8, 4) is 5.75 Å². The van der Waals surface area contributed by atoms with Gasteiger partial charge in [-0.1, -0.05) is 24.3 Å². The van der Waals surface area contributed by atoms with E-state index in [0.717, 1.165) is 33.0 Å². The number of benzene rings is 3. The Morgan fingerprint density at radius 1 is 1.06 bits per heavy atom. The second-order valence-corrected chi connectivity index (χ2v) is 9.86. The minimum Gasteiger partial charge on any atom is -0.478 e. The SMILES string of the molecule is Cc1cc(SC(c2cccc(C(F)(F)F)c2)c2ccc3[nH]ncc3c2)ccc1OC(C)(C)C(=O)O. The number of alkyl halides is 3. The van der Waals surface area contributed by atoms with E-state index in [1.807, 2.05) is 24.3 Å². The van der Waals surface area contributed by atoms with Crippen LogP contribution >= 0.6 is 11.8 Å². The number of fused-ring (bicyclic) bond motifs is 1. The summed E-state index contributed by atoms with van der Waals surface area (Å²) in [4.78, 5) is 12.2. The van der Waals surface area contributed by atoms with Gasteiger partial charge in [-0.15, -0.1) is 11.8 Å². The van der Waals surface area contributed by atoms with Crippen LogP contribution in [0.4, 0.5) is 13.2 Å². The molecule has 0 fully saturated rings. The topological polar surface area (TPSA) is 75.2 Å². The highest BCUT2D eigenvalue weighted by Gasteiger charge is 2.32. The summed E-state index contributed by atoms with van der Waals surface area (Å²) in [5.41, 5.74) is 0.782. The van der Waals surface area contributed by atoms with Crippen LogP contribution in [0.15, 0.2) is 71.8 Å². The molecular formula is C26H23F3N2O3S. The molecule has 0 aliphatic carbocycles. The van der Waals surface area contributed by atoms with Gasteiger partial charge in [-0.3, -0.25) is 5.10 Å². The Balaban J connectivity index is 1.72. The molecule has 0 saturated heterocycles. The first-order valence-electron chi connectivity index (χ1n) is 10.7. The fraction of sp³-hybridized carbons (Fsp3) is 0.231. The van der Waals surface area contributed by atoms with Crippen molar-refractivity contribution < 1.29 is 27.8 Å². The predicted octanol–water partition coefficient (Wildman–Crippen LogP) is 7.01. The average Bonchev–Trinajstić information content (AvgIpc) is 3.26. The van der Waals surface area contributed by atoms with Crippen LogP contribution in [-0.2, 0) is 11.0 Å². The van der Waals surface area contributed by atoms with E-state index < -0.39 is 28.6 Å². The summed E-state index contributed by atoms with van der Waals surface area (Å²) < 4.78 is 46.0. The Hall–Kier alpha value is -3.46. The summed E-state index contributed by atoms with van der Waals surface area (Å²) in [5, 5.41) is 16.7. The van der Waals surface area contributed by atoms with Crippen LogP contribution in [-0.4, -0.2) is 26.9 Å². The lowest BCUT2D eigenvalue weighted by atomic mass is 10.0. The van der Waals surface area contributed by atoms with Crippen molar-refractivity contribution in [3.05, 3.63) is 89.1 Å². The molecule has 4 rings (SSSR count). The molecule has 35 heavy (non-hydrogen) atoms. The fourth-order valence-electron chi connectivity index (χ4n) is 3.60. The van der Waals surface area contributed by atoms with E-state index in [9.17, 15) is 23.1 Å². The number of halogens is 3. The summed E-state index contributed by atoms with van der Waals surface area (Å²) in [6, 6.07) is 16.3. The van der Waals surface area contributed by atoms with E-state index in [4.69, 9.17) is 4.74 Å². The molecule has 5 nitrogen and oxygen atoms in total. The van der Waals surface area contributed by atoms with Crippen LogP contribution in [0.3, 0.4) is 0 Å². The zero-order chi connectivity index (χ0) is 25.4. The summed E-state index contributed by atoms with van der Waals surface area (Å²) in [6.45, 7) is 4.73. The van der Waals surface area contributed by atoms with Crippen molar-refractivity contribution >= 4 is 28.6 Å². The van der Waals surface area contributed by atoms with Gasteiger partial charge >= 0.3 is 12.1 Å². The van der Waals surface area contributed by atoms with Gasteiger partial charge in [0.25, 0.3) is 0 Å². The molecule has 0 spiro atoms. The number of carboxylic acid groups (broad SMARTS) is 1. The Labute approximate surface area is 204 Å². The summed E-state index contributed by atoms with van der Waals surface area (Å²) in [7, 11) is 0. The van der Waals surface area contributed by atoms with Crippen LogP contribution in [0.2, 0.25) is 0 Å². The zero-order valence-electron chi connectivity index (χ0n) is 19.2. The first kappa shape index (κ1) is 24.7. The lowest BCUT2D eigenvalue weighted by Crippen LogP contribution is -2.38. The van der Waals surface area contributed by atoms with Gasteiger partial charge in [-0.2, -0.15) is 18.3 Å². The molecule has 1 unspecified atom stereocenters. The lowest BCUT2D eigenvalue weighted by Gasteiger charge is -2.23. The molecule has 0 aliphatic rings. The largest absolute Gasteiger partial charge is 0.478 e. The first-order chi connectivity index (χ1) is 16.4. The van der Waals surface area contributed by atoms with Crippen LogP contribution in [0.5, 0.6) is 5.75 Å². The van der Waals surface area contributed by atoms with Crippen molar-refractivity contribution in [2.24, 2.45) is 0 Å². The summed E-state index contributed by atoms with van der Waals surface area (Å²) in [5.74, 6) is -0.660. The number of hydrogen-bond acceptors (Lipinski definition) is 4. The summed E-state index contributed by atoms with van der Waals surface area (Å²) >= 11 is 1.40. The lowest BCUT2D eigenvalue weighted by molar-refractivity contribution is -0.152. The average molecular weight is 501 g/mol. The third-order valence-electron chi connectivity index (χ3n) is 5.56. The van der Waals surface area contributed by atoms with Crippen molar-refractivity contribution in [2.75, 3.05) is 0 Å². The molecule has 1 aromatic heterocycles. The van der Waals surface area contributed by atoms with E-state index in [1.165, 1.54) is 37.7 Å². The molecule has 3 aromatic carbocycles.